The van der Waals surface area contributed by atoms with Crippen LogP contribution in [0.25, 0.3) is 0 Å². The quantitative estimate of drug-likeness (QED) is 0.0269. The summed E-state index contributed by atoms with van der Waals surface area (Å²) in [6, 6.07) is 0.209. The van der Waals surface area contributed by atoms with Crippen LogP contribution >= 0.6 is 7.60 Å². The van der Waals surface area contributed by atoms with Crippen molar-refractivity contribution in [3.05, 3.63) is 24.3 Å². The SMILES string of the molecule is CC.CC.CCCCCCCC/C=C\CCCCCCCC(=O)OCC(CCP(=O)(O)OC(C)C(C)(C)NC(C)C(C)CC)OC(=O)CCCCCCC/C=C\CCCCCCCC. The Hall–Kier alpha value is -1.47. The van der Waals surface area contributed by atoms with Crippen molar-refractivity contribution in [2.24, 2.45) is 5.92 Å². The van der Waals surface area contributed by atoms with E-state index in [4.69, 9.17) is 14.0 Å². The lowest BCUT2D eigenvalue weighted by atomic mass is 9.93. The molecule has 0 aliphatic heterocycles. The van der Waals surface area contributed by atoms with E-state index in [1.807, 2.05) is 48.5 Å². The first-order valence-electron chi connectivity index (χ1n) is 27.2. The number of unbranched alkanes of at least 4 members (excludes halogenated alkanes) is 22. The lowest BCUT2D eigenvalue weighted by molar-refractivity contribution is -0.159. The summed E-state index contributed by atoms with van der Waals surface area (Å²) in [5, 5.41) is 3.57. The molecule has 382 valence electrons. The van der Waals surface area contributed by atoms with Crippen molar-refractivity contribution in [3.8, 4) is 0 Å². The number of hydrogen-bond acceptors (Lipinski definition) is 7. The zero-order valence-electron chi connectivity index (χ0n) is 44.6. The van der Waals surface area contributed by atoms with Gasteiger partial charge in [-0.3, -0.25) is 14.2 Å². The zero-order chi connectivity index (χ0) is 48.7. The Morgan fingerprint density at radius 1 is 0.594 bits per heavy atom. The van der Waals surface area contributed by atoms with Crippen molar-refractivity contribution in [2.45, 2.75) is 299 Å². The van der Waals surface area contributed by atoms with E-state index in [0.29, 0.717) is 12.3 Å². The molecule has 0 aromatic carbocycles. The monoisotopic (exact) mass is 928 g/mol. The van der Waals surface area contributed by atoms with E-state index in [-0.39, 0.29) is 43.6 Å². The number of esters is 2. The second-order valence-corrected chi connectivity index (χ2v) is 20.3. The van der Waals surface area contributed by atoms with Gasteiger partial charge in [0.15, 0.2) is 0 Å². The van der Waals surface area contributed by atoms with E-state index in [0.717, 1.165) is 77.0 Å². The minimum Gasteiger partial charge on any atom is -0.462 e. The fraction of sp³-hybridized carbons (Fsp3) is 0.891. The van der Waals surface area contributed by atoms with Gasteiger partial charge in [0.05, 0.1) is 12.3 Å². The molecule has 0 fully saturated rings. The third-order valence-electron chi connectivity index (χ3n) is 12.2. The summed E-state index contributed by atoms with van der Waals surface area (Å²) in [6.45, 7) is 24.6. The molecule has 0 bridgehead atoms. The van der Waals surface area contributed by atoms with E-state index in [1.165, 1.54) is 96.3 Å². The molecule has 64 heavy (non-hydrogen) atoms. The number of allylic oxidation sites excluding steroid dienone is 4. The summed E-state index contributed by atoms with van der Waals surface area (Å²) in [5.41, 5.74) is -0.545. The van der Waals surface area contributed by atoms with Crippen LogP contribution in [0.4, 0.5) is 0 Å². The van der Waals surface area contributed by atoms with Gasteiger partial charge in [-0.2, -0.15) is 0 Å². The van der Waals surface area contributed by atoms with Gasteiger partial charge in [-0.05, 0) is 104 Å². The van der Waals surface area contributed by atoms with E-state index in [9.17, 15) is 19.0 Å². The highest BCUT2D eigenvalue weighted by molar-refractivity contribution is 7.52. The fourth-order valence-electron chi connectivity index (χ4n) is 7.30. The lowest BCUT2D eigenvalue weighted by Crippen LogP contribution is -2.54. The average molecular weight is 928 g/mol. The van der Waals surface area contributed by atoms with Gasteiger partial charge in [-0.1, -0.05) is 189 Å². The topological polar surface area (TPSA) is 111 Å². The second-order valence-electron chi connectivity index (χ2n) is 18.4. The number of nitrogens with one attached hydrogen (secondary N) is 1. The highest BCUT2D eigenvalue weighted by atomic mass is 31.2. The molecule has 0 spiro atoms. The molecular formula is C55H110NO7P. The third kappa shape index (κ3) is 44.4. The predicted octanol–water partition coefficient (Wildman–Crippen LogP) is 17.4. The highest BCUT2D eigenvalue weighted by Gasteiger charge is 2.35. The maximum Gasteiger partial charge on any atom is 0.328 e. The molecule has 0 radical (unpaired) electrons. The average Bonchev–Trinajstić information content (AvgIpc) is 3.27. The van der Waals surface area contributed by atoms with Gasteiger partial charge < -0.3 is 24.2 Å². The van der Waals surface area contributed by atoms with Gasteiger partial charge in [0.1, 0.15) is 12.7 Å². The molecule has 0 saturated carbocycles. The molecule has 0 saturated heterocycles. The largest absolute Gasteiger partial charge is 0.462 e. The summed E-state index contributed by atoms with van der Waals surface area (Å²) in [5.74, 6) is -0.247. The first kappa shape index (κ1) is 66.8. The Kier molecular flexibility index (Phi) is 50.1. The first-order chi connectivity index (χ1) is 30.8. The molecule has 0 aromatic rings. The van der Waals surface area contributed by atoms with Crippen LogP contribution in [0.2, 0.25) is 0 Å². The van der Waals surface area contributed by atoms with Crippen LogP contribution in [-0.4, -0.2) is 53.4 Å². The van der Waals surface area contributed by atoms with Gasteiger partial charge in [0, 0.05) is 24.4 Å². The minimum atomic E-state index is -4.04. The Bertz CT molecular complexity index is 1130. The first-order valence-corrected chi connectivity index (χ1v) is 29.0. The van der Waals surface area contributed by atoms with Gasteiger partial charge in [-0.25, -0.2) is 0 Å². The van der Waals surface area contributed by atoms with E-state index in [2.05, 4.69) is 64.2 Å². The van der Waals surface area contributed by atoms with Crippen molar-refractivity contribution in [1.82, 2.24) is 5.32 Å². The summed E-state index contributed by atoms with van der Waals surface area (Å²) < 4.78 is 30.5. The number of ether oxygens (including phenoxy) is 2. The van der Waals surface area contributed by atoms with Crippen LogP contribution in [-0.2, 0) is 28.2 Å². The van der Waals surface area contributed by atoms with Gasteiger partial charge in [0.25, 0.3) is 0 Å². The Morgan fingerprint density at radius 3 is 1.38 bits per heavy atom. The molecule has 0 aromatic heterocycles. The van der Waals surface area contributed by atoms with Crippen molar-refractivity contribution in [1.29, 1.82) is 0 Å². The maximum absolute atomic E-state index is 13.3. The molecule has 0 heterocycles. The van der Waals surface area contributed by atoms with Gasteiger partial charge >= 0.3 is 19.5 Å². The minimum absolute atomic E-state index is 0.0659. The smallest absolute Gasteiger partial charge is 0.328 e. The normalized spacial score (nSPS) is 14.5. The summed E-state index contributed by atoms with van der Waals surface area (Å²) >= 11 is 0. The van der Waals surface area contributed by atoms with Crippen molar-refractivity contribution in [3.63, 3.8) is 0 Å². The van der Waals surface area contributed by atoms with Crippen LogP contribution in [0.5, 0.6) is 0 Å². The van der Waals surface area contributed by atoms with Crippen LogP contribution in [0, 0.1) is 5.92 Å². The Labute approximate surface area is 399 Å². The van der Waals surface area contributed by atoms with Crippen LogP contribution < -0.4 is 5.32 Å². The molecule has 5 unspecified atom stereocenters. The molecule has 8 nitrogen and oxygen atoms in total. The maximum atomic E-state index is 13.3. The van der Waals surface area contributed by atoms with E-state index in [1.54, 1.807) is 0 Å². The number of carbonyl (C=O) groups excluding carboxylic acids is 2. The molecule has 0 aliphatic carbocycles. The fourth-order valence-corrected chi connectivity index (χ4v) is 8.78. The number of carbonyl (C=O) groups is 2. The van der Waals surface area contributed by atoms with Crippen LogP contribution in [0.3, 0.4) is 0 Å². The third-order valence-corrected chi connectivity index (χ3v) is 13.7. The summed E-state index contributed by atoms with van der Waals surface area (Å²) in [6.07, 6.45) is 40.2. The molecule has 0 amide bonds. The highest BCUT2D eigenvalue weighted by Crippen LogP contribution is 2.46. The molecular weight excluding hydrogens is 818 g/mol. The molecule has 9 heteroatoms. The Balaban J connectivity index is -0.00000902. The second kappa shape index (κ2) is 48.0. The van der Waals surface area contributed by atoms with E-state index >= 15 is 0 Å². The van der Waals surface area contributed by atoms with Crippen molar-refractivity contribution in [2.75, 3.05) is 12.8 Å². The van der Waals surface area contributed by atoms with Crippen molar-refractivity contribution >= 4 is 19.5 Å². The summed E-state index contributed by atoms with van der Waals surface area (Å²) in [7, 11) is -4.04. The molecule has 0 rings (SSSR count). The number of rotatable bonds is 43. The standard InChI is InChI=1S/C51H98NO7P.2C2H6/c1-9-12-14-16-18-20-22-24-26-28-30-32-34-36-38-40-49(53)57-44-48(42-43-60(55,56)59-47(6)51(7,8)52-46(5)45(4)11-3)58-50(54)41-39-37-35-33-31-29-27-25-23-21-19-17-15-13-10-2;2*1-2/h24-27,45-48,52H,9-23,28-44H2,1-8H3,(H,55,56);2*1-2H3/b26-24-,27-25-;;. The Morgan fingerprint density at radius 2 is 0.969 bits per heavy atom. The molecule has 2 N–H and O–H groups in total. The lowest BCUT2D eigenvalue weighted by Gasteiger charge is -2.38. The van der Waals surface area contributed by atoms with Gasteiger partial charge in [-0.15, -0.1) is 0 Å². The number of hydrogen-bond donors (Lipinski definition) is 2. The van der Waals surface area contributed by atoms with Gasteiger partial charge in [0.2, 0.25) is 0 Å². The zero-order valence-corrected chi connectivity index (χ0v) is 45.5. The van der Waals surface area contributed by atoms with Crippen LogP contribution in [0.1, 0.15) is 276 Å². The van der Waals surface area contributed by atoms with E-state index < -0.39 is 25.3 Å². The predicted molar refractivity (Wildman–Crippen MR) is 278 cm³/mol. The summed E-state index contributed by atoms with van der Waals surface area (Å²) in [4.78, 5) is 36.5. The van der Waals surface area contributed by atoms with Crippen LogP contribution in [0.15, 0.2) is 24.3 Å². The van der Waals surface area contributed by atoms with Crippen molar-refractivity contribution < 1.29 is 33.0 Å². The molecule has 5 atom stereocenters. The molecule has 0 aliphatic rings.